The standard InChI is InChI=1S/C12H30OSSi2/c1-7-11-13-15(5,6)12(14)16(8-2,9-3)10-4/h12,14H,7-11H2,1-6H3/t12-/m1/s1. The first-order valence-corrected chi connectivity index (χ1v) is 12.9. The van der Waals surface area contributed by atoms with E-state index in [0.717, 1.165) is 13.0 Å². The number of rotatable bonds is 8. The van der Waals surface area contributed by atoms with Crippen LogP contribution < -0.4 is 0 Å². The van der Waals surface area contributed by atoms with E-state index in [1.165, 1.54) is 18.1 Å². The molecule has 0 unspecified atom stereocenters. The van der Waals surface area contributed by atoms with Crippen molar-refractivity contribution in [3.05, 3.63) is 0 Å². The molecule has 0 aliphatic carbocycles. The van der Waals surface area contributed by atoms with E-state index in [9.17, 15) is 0 Å². The second-order valence-corrected chi connectivity index (χ2v) is 16.8. The molecule has 0 spiro atoms. The highest BCUT2D eigenvalue weighted by Gasteiger charge is 2.45. The Labute approximate surface area is 110 Å². The summed E-state index contributed by atoms with van der Waals surface area (Å²) in [5, 5.41) is 0. The lowest BCUT2D eigenvalue weighted by molar-refractivity contribution is 0.308. The van der Waals surface area contributed by atoms with Gasteiger partial charge in [0, 0.05) is 11.1 Å². The van der Waals surface area contributed by atoms with E-state index in [-0.39, 0.29) is 0 Å². The van der Waals surface area contributed by atoms with Gasteiger partial charge >= 0.3 is 0 Å². The maximum absolute atomic E-state index is 6.15. The molecule has 0 aliphatic heterocycles. The Hall–Kier alpha value is 0.744. The Balaban J connectivity index is 4.77. The van der Waals surface area contributed by atoms with Crippen LogP contribution in [-0.2, 0) is 4.43 Å². The van der Waals surface area contributed by atoms with Crippen LogP contribution in [-0.4, -0.2) is 27.5 Å². The van der Waals surface area contributed by atoms with Crippen LogP contribution in [0.1, 0.15) is 34.1 Å². The lowest BCUT2D eigenvalue weighted by Crippen LogP contribution is -2.58. The average molecular weight is 279 g/mol. The van der Waals surface area contributed by atoms with Crippen LogP contribution in [0.2, 0.25) is 31.2 Å². The predicted molar refractivity (Wildman–Crippen MR) is 83.7 cm³/mol. The van der Waals surface area contributed by atoms with Crippen LogP contribution in [0.3, 0.4) is 0 Å². The molecular formula is C12H30OSSi2. The Morgan fingerprint density at radius 3 is 1.75 bits per heavy atom. The van der Waals surface area contributed by atoms with Gasteiger partial charge in [0.2, 0.25) is 0 Å². The lowest BCUT2D eigenvalue weighted by atomic mass is 10.5. The van der Waals surface area contributed by atoms with Crippen LogP contribution in [0.15, 0.2) is 0 Å². The molecular weight excluding hydrogens is 248 g/mol. The zero-order valence-electron chi connectivity index (χ0n) is 12.0. The van der Waals surface area contributed by atoms with Gasteiger partial charge in [-0.05, 0) is 19.5 Å². The summed E-state index contributed by atoms with van der Waals surface area (Å²) in [5.74, 6) is 0. The molecule has 0 aliphatic rings. The molecule has 0 amide bonds. The van der Waals surface area contributed by atoms with Gasteiger partial charge in [0.25, 0.3) is 0 Å². The van der Waals surface area contributed by atoms with Crippen molar-refractivity contribution in [2.45, 2.75) is 69.8 Å². The zero-order chi connectivity index (χ0) is 12.8. The molecule has 0 bridgehead atoms. The van der Waals surface area contributed by atoms with Crippen LogP contribution in [0.5, 0.6) is 0 Å². The fourth-order valence-corrected chi connectivity index (χ4v) is 15.9. The fourth-order valence-electron chi connectivity index (χ4n) is 2.51. The van der Waals surface area contributed by atoms with Crippen LogP contribution in [0, 0.1) is 0 Å². The van der Waals surface area contributed by atoms with Gasteiger partial charge in [0.1, 0.15) is 0 Å². The highest BCUT2D eigenvalue weighted by atomic mass is 32.1. The van der Waals surface area contributed by atoms with Crippen molar-refractivity contribution in [1.29, 1.82) is 0 Å². The summed E-state index contributed by atoms with van der Waals surface area (Å²) < 4.78 is 6.72. The third kappa shape index (κ3) is 3.89. The topological polar surface area (TPSA) is 9.23 Å². The van der Waals surface area contributed by atoms with E-state index in [4.69, 9.17) is 17.1 Å². The first-order chi connectivity index (χ1) is 7.40. The largest absolute Gasteiger partial charge is 0.417 e. The first-order valence-electron chi connectivity index (χ1n) is 6.72. The zero-order valence-corrected chi connectivity index (χ0v) is 14.9. The molecule has 4 heteroatoms. The molecule has 98 valence electrons. The van der Waals surface area contributed by atoms with Gasteiger partial charge in [0.05, 0.1) is 8.07 Å². The van der Waals surface area contributed by atoms with E-state index < -0.39 is 16.4 Å². The third-order valence-electron chi connectivity index (χ3n) is 4.03. The van der Waals surface area contributed by atoms with E-state index in [0.29, 0.717) is 4.50 Å². The highest BCUT2D eigenvalue weighted by molar-refractivity contribution is 7.85. The molecule has 0 saturated carbocycles. The van der Waals surface area contributed by atoms with Crippen molar-refractivity contribution in [3.63, 3.8) is 0 Å². The molecule has 1 atom stereocenters. The molecule has 0 rings (SSSR count). The normalized spacial score (nSPS) is 15.2. The van der Waals surface area contributed by atoms with Crippen LogP contribution >= 0.6 is 12.6 Å². The van der Waals surface area contributed by atoms with Crippen molar-refractivity contribution in [1.82, 2.24) is 0 Å². The molecule has 0 aromatic carbocycles. The summed E-state index contributed by atoms with van der Waals surface area (Å²) in [6.07, 6.45) is 1.12. The van der Waals surface area contributed by atoms with Crippen LogP contribution in [0.25, 0.3) is 0 Å². The van der Waals surface area contributed by atoms with E-state index in [1.54, 1.807) is 0 Å². The van der Waals surface area contributed by atoms with Gasteiger partial charge in [-0.3, -0.25) is 0 Å². The molecule has 0 aromatic heterocycles. The molecule has 0 N–H and O–H groups in total. The number of hydrogen-bond donors (Lipinski definition) is 1. The minimum atomic E-state index is -1.60. The number of hydrogen-bond acceptors (Lipinski definition) is 2. The van der Waals surface area contributed by atoms with Gasteiger partial charge in [-0.2, -0.15) is 12.6 Å². The summed E-state index contributed by atoms with van der Waals surface area (Å²) in [5.41, 5.74) is 0. The van der Waals surface area contributed by atoms with Crippen molar-refractivity contribution < 1.29 is 4.43 Å². The first kappa shape index (κ1) is 16.7. The Bertz CT molecular complexity index is 185. The van der Waals surface area contributed by atoms with Crippen molar-refractivity contribution >= 4 is 29.0 Å². The Morgan fingerprint density at radius 1 is 1.00 bits per heavy atom. The van der Waals surface area contributed by atoms with Gasteiger partial charge in [0.15, 0.2) is 8.32 Å². The summed E-state index contributed by atoms with van der Waals surface area (Å²) in [6, 6.07) is 4.04. The monoisotopic (exact) mass is 278 g/mol. The maximum Gasteiger partial charge on any atom is 0.196 e. The van der Waals surface area contributed by atoms with E-state index in [1.807, 2.05) is 0 Å². The van der Waals surface area contributed by atoms with Crippen molar-refractivity contribution in [2.24, 2.45) is 0 Å². The van der Waals surface area contributed by atoms with Crippen molar-refractivity contribution in [3.8, 4) is 0 Å². The summed E-state index contributed by atoms with van der Waals surface area (Å²) in [4.78, 5) is 0. The van der Waals surface area contributed by atoms with Gasteiger partial charge < -0.3 is 4.43 Å². The molecule has 16 heavy (non-hydrogen) atoms. The summed E-state index contributed by atoms with van der Waals surface area (Å²) in [7, 11) is -2.81. The second-order valence-electron chi connectivity index (χ2n) is 5.28. The smallest absolute Gasteiger partial charge is 0.196 e. The summed E-state index contributed by atoms with van der Waals surface area (Å²) in [6.45, 7) is 14.9. The van der Waals surface area contributed by atoms with E-state index >= 15 is 0 Å². The molecule has 0 radical (unpaired) electrons. The average Bonchev–Trinajstić information content (AvgIpc) is 2.29. The molecule has 0 aromatic rings. The van der Waals surface area contributed by atoms with Crippen LogP contribution in [0.4, 0.5) is 0 Å². The minimum Gasteiger partial charge on any atom is -0.417 e. The van der Waals surface area contributed by atoms with E-state index in [2.05, 4.69) is 40.8 Å². The third-order valence-corrected chi connectivity index (χ3v) is 19.1. The molecule has 0 heterocycles. The minimum absolute atomic E-state index is 0.576. The fraction of sp³-hybridized carbons (Fsp3) is 1.00. The summed E-state index contributed by atoms with van der Waals surface area (Å²) >= 11 is 5.00. The second kappa shape index (κ2) is 7.24. The molecule has 0 fully saturated rings. The molecule has 0 saturated heterocycles. The van der Waals surface area contributed by atoms with Gasteiger partial charge in [-0.15, -0.1) is 0 Å². The van der Waals surface area contributed by atoms with Crippen molar-refractivity contribution in [2.75, 3.05) is 6.61 Å². The SMILES string of the molecule is CCCO[Si](C)(C)[C@@H](S)[Si](CC)(CC)CC. The molecule has 1 nitrogen and oxygen atoms in total. The predicted octanol–water partition coefficient (Wildman–Crippen LogP) is 4.50. The Kier molecular flexibility index (Phi) is 7.58. The van der Waals surface area contributed by atoms with Gasteiger partial charge in [-0.25, -0.2) is 0 Å². The maximum atomic E-state index is 6.15. The highest BCUT2D eigenvalue weighted by Crippen LogP contribution is 2.33. The quantitative estimate of drug-likeness (QED) is 0.508. The number of thiol groups is 1. The lowest BCUT2D eigenvalue weighted by Gasteiger charge is -2.42. The Morgan fingerprint density at radius 2 is 1.44 bits per heavy atom. The van der Waals surface area contributed by atoms with Gasteiger partial charge in [-0.1, -0.05) is 45.8 Å².